The predicted molar refractivity (Wildman–Crippen MR) is 76.5 cm³/mol. The van der Waals surface area contributed by atoms with Crippen LogP contribution in [0.25, 0.3) is 0 Å². The van der Waals surface area contributed by atoms with Crippen LogP contribution in [0.2, 0.25) is 0 Å². The Labute approximate surface area is 117 Å². The molecule has 3 rings (SSSR count). The Bertz CT molecular complexity index is 631. The molecule has 0 radical (unpaired) electrons. The number of hydrogen-bond donors (Lipinski definition) is 1. The molecule has 2 atom stereocenters. The quantitative estimate of drug-likeness (QED) is 0.684. The lowest BCUT2D eigenvalue weighted by Gasteiger charge is -1.99. The Kier molecular flexibility index (Phi) is 3.37. The summed E-state index contributed by atoms with van der Waals surface area (Å²) in [6, 6.07) is 13.8. The summed E-state index contributed by atoms with van der Waals surface area (Å²) in [4.78, 5) is 11.9. The number of nitrogens with zero attached hydrogens (tertiary/aromatic N) is 1. The van der Waals surface area contributed by atoms with Gasteiger partial charge in [0.1, 0.15) is 11.5 Å². The Morgan fingerprint density at radius 1 is 1.30 bits per heavy atom. The molecule has 1 amide bonds. The zero-order valence-corrected chi connectivity index (χ0v) is 11.2. The van der Waals surface area contributed by atoms with Crippen molar-refractivity contribution in [1.29, 1.82) is 0 Å². The van der Waals surface area contributed by atoms with Crippen LogP contribution in [0.4, 0.5) is 0 Å². The van der Waals surface area contributed by atoms with E-state index in [2.05, 4.69) is 22.7 Å². The van der Waals surface area contributed by atoms with Crippen molar-refractivity contribution in [2.45, 2.75) is 19.3 Å². The van der Waals surface area contributed by atoms with Crippen molar-refractivity contribution < 1.29 is 9.21 Å². The van der Waals surface area contributed by atoms with Gasteiger partial charge in [0.15, 0.2) is 0 Å². The summed E-state index contributed by atoms with van der Waals surface area (Å²) in [5.74, 6) is 1.80. The van der Waals surface area contributed by atoms with Crippen LogP contribution in [0.5, 0.6) is 0 Å². The number of aryl methyl sites for hydroxylation is 1. The molecule has 0 bridgehead atoms. The first-order chi connectivity index (χ1) is 9.74. The number of nitrogens with one attached hydrogen (secondary N) is 1. The van der Waals surface area contributed by atoms with E-state index >= 15 is 0 Å². The summed E-state index contributed by atoms with van der Waals surface area (Å²) in [5.41, 5.74) is 3.79. The third-order valence-corrected chi connectivity index (χ3v) is 3.48. The maximum Gasteiger partial charge on any atom is 0.243 e. The van der Waals surface area contributed by atoms with E-state index in [9.17, 15) is 4.79 Å². The molecule has 0 unspecified atom stereocenters. The van der Waals surface area contributed by atoms with Crippen LogP contribution in [0, 0.1) is 12.8 Å². The van der Waals surface area contributed by atoms with Gasteiger partial charge in [0, 0.05) is 5.92 Å². The monoisotopic (exact) mass is 268 g/mol. The molecule has 1 aliphatic rings. The number of furan rings is 1. The minimum absolute atomic E-state index is 0.0293. The van der Waals surface area contributed by atoms with Crippen molar-refractivity contribution in [1.82, 2.24) is 5.43 Å². The van der Waals surface area contributed by atoms with E-state index < -0.39 is 0 Å². The SMILES string of the molecule is Cc1ccc(/C=N\NC(=O)[C@H]2C[C@@H]2c2ccccc2)o1. The smallest absolute Gasteiger partial charge is 0.243 e. The number of amides is 1. The number of hydrogen-bond acceptors (Lipinski definition) is 3. The van der Waals surface area contributed by atoms with Gasteiger partial charge in [-0.3, -0.25) is 4.79 Å². The third kappa shape index (κ3) is 2.79. The Morgan fingerprint density at radius 3 is 2.80 bits per heavy atom. The van der Waals surface area contributed by atoms with Gasteiger partial charge in [0.2, 0.25) is 5.91 Å². The summed E-state index contributed by atoms with van der Waals surface area (Å²) in [7, 11) is 0. The standard InChI is InChI=1S/C16H16N2O2/c1-11-7-8-13(20-11)10-17-18-16(19)15-9-14(15)12-5-3-2-4-6-12/h2-8,10,14-15H,9H2,1H3,(H,18,19)/b17-10-/t14-,15+/m1/s1. The average Bonchev–Trinajstić information content (AvgIpc) is 3.17. The highest BCUT2D eigenvalue weighted by molar-refractivity contribution is 5.84. The van der Waals surface area contributed by atoms with E-state index in [1.807, 2.05) is 37.3 Å². The molecule has 1 fully saturated rings. The molecule has 1 aromatic carbocycles. The van der Waals surface area contributed by atoms with Gasteiger partial charge in [-0.2, -0.15) is 5.10 Å². The topological polar surface area (TPSA) is 54.6 Å². The molecule has 4 nitrogen and oxygen atoms in total. The molecule has 2 aromatic rings. The van der Waals surface area contributed by atoms with Crippen molar-refractivity contribution in [3.8, 4) is 0 Å². The number of benzene rings is 1. The maximum atomic E-state index is 11.9. The van der Waals surface area contributed by atoms with Gasteiger partial charge in [-0.05, 0) is 37.0 Å². The Morgan fingerprint density at radius 2 is 2.10 bits per heavy atom. The molecule has 1 aromatic heterocycles. The van der Waals surface area contributed by atoms with Crippen LogP contribution in [-0.2, 0) is 4.79 Å². The lowest BCUT2D eigenvalue weighted by molar-refractivity contribution is -0.122. The van der Waals surface area contributed by atoms with Gasteiger partial charge in [-0.25, -0.2) is 5.43 Å². The number of carbonyl (C=O) groups is 1. The van der Waals surface area contributed by atoms with Gasteiger partial charge in [-0.1, -0.05) is 30.3 Å². The predicted octanol–water partition coefficient (Wildman–Crippen LogP) is 2.84. The molecule has 0 saturated heterocycles. The zero-order chi connectivity index (χ0) is 13.9. The molecular formula is C16H16N2O2. The first-order valence-electron chi connectivity index (χ1n) is 6.68. The normalized spacial score (nSPS) is 21.1. The van der Waals surface area contributed by atoms with E-state index in [1.165, 1.54) is 11.8 Å². The van der Waals surface area contributed by atoms with Gasteiger partial charge in [0.05, 0.1) is 6.21 Å². The van der Waals surface area contributed by atoms with Crippen LogP contribution in [0.3, 0.4) is 0 Å². The molecule has 1 N–H and O–H groups in total. The Balaban J connectivity index is 1.53. The van der Waals surface area contributed by atoms with E-state index in [-0.39, 0.29) is 11.8 Å². The fraction of sp³-hybridized carbons (Fsp3) is 0.250. The maximum absolute atomic E-state index is 11.9. The van der Waals surface area contributed by atoms with Crippen molar-refractivity contribution >= 4 is 12.1 Å². The van der Waals surface area contributed by atoms with Crippen LogP contribution >= 0.6 is 0 Å². The molecule has 1 saturated carbocycles. The molecule has 1 aliphatic carbocycles. The lowest BCUT2D eigenvalue weighted by Crippen LogP contribution is -2.20. The fourth-order valence-corrected chi connectivity index (χ4v) is 2.32. The number of rotatable bonds is 4. The number of carbonyl (C=O) groups excluding carboxylic acids is 1. The first kappa shape index (κ1) is 12.7. The summed E-state index contributed by atoms with van der Waals surface area (Å²) < 4.78 is 5.33. The van der Waals surface area contributed by atoms with Crippen molar-refractivity contribution in [3.05, 3.63) is 59.5 Å². The van der Waals surface area contributed by atoms with Crippen molar-refractivity contribution in [3.63, 3.8) is 0 Å². The van der Waals surface area contributed by atoms with Crippen molar-refractivity contribution in [2.24, 2.45) is 11.0 Å². The first-order valence-corrected chi connectivity index (χ1v) is 6.68. The second-order valence-electron chi connectivity index (χ2n) is 5.04. The van der Waals surface area contributed by atoms with E-state index in [4.69, 9.17) is 4.42 Å². The summed E-state index contributed by atoms with van der Waals surface area (Å²) in [6.45, 7) is 1.87. The van der Waals surface area contributed by atoms with Crippen LogP contribution in [-0.4, -0.2) is 12.1 Å². The zero-order valence-electron chi connectivity index (χ0n) is 11.2. The van der Waals surface area contributed by atoms with Gasteiger partial charge in [-0.15, -0.1) is 0 Å². The molecule has 4 heteroatoms. The largest absolute Gasteiger partial charge is 0.460 e. The molecule has 1 heterocycles. The second-order valence-corrected chi connectivity index (χ2v) is 5.04. The second kappa shape index (κ2) is 5.33. The van der Waals surface area contributed by atoms with Crippen molar-refractivity contribution in [2.75, 3.05) is 0 Å². The molecule has 102 valence electrons. The highest BCUT2D eigenvalue weighted by Gasteiger charge is 2.43. The van der Waals surface area contributed by atoms with Crippen LogP contribution in [0.15, 0.2) is 52.0 Å². The fourth-order valence-electron chi connectivity index (χ4n) is 2.32. The van der Waals surface area contributed by atoms with E-state index in [0.717, 1.165) is 12.2 Å². The van der Waals surface area contributed by atoms with Gasteiger partial charge in [0.25, 0.3) is 0 Å². The Hall–Kier alpha value is -2.36. The lowest BCUT2D eigenvalue weighted by atomic mass is 10.1. The third-order valence-electron chi connectivity index (χ3n) is 3.48. The minimum Gasteiger partial charge on any atom is -0.460 e. The minimum atomic E-state index is -0.0293. The summed E-state index contributed by atoms with van der Waals surface area (Å²) in [5, 5.41) is 3.93. The summed E-state index contributed by atoms with van der Waals surface area (Å²) in [6.07, 6.45) is 2.41. The highest BCUT2D eigenvalue weighted by Crippen LogP contribution is 2.47. The molecular weight excluding hydrogens is 252 g/mol. The molecule has 0 spiro atoms. The van der Waals surface area contributed by atoms with E-state index in [0.29, 0.717) is 11.7 Å². The average molecular weight is 268 g/mol. The molecule has 0 aliphatic heterocycles. The van der Waals surface area contributed by atoms with Crippen LogP contribution in [0.1, 0.15) is 29.4 Å². The van der Waals surface area contributed by atoms with Gasteiger partial charge >= 0.3 is 0 Å². The summed E-state index contributed by atoms with van der Waals surface area (Å²) >= 11 is 0. The van der Waals surface area contributed by atoms with Gasteiger partial charge < -0.3 is 4.42 Å². The van der Waals surface area contributed by atoms with Crippen LogP contribution < -0.4 is 5.43 Å². The highest BCUT2D eigenvalue weighted by atomic mass is 16.3. The number of hydrazone groups is 1. The van der Waals surface area contributed by atoms with E-state index in [1.54, 1.807) is 0 Å². The molecule has 20 heavy (non-hydrogen) atoms.